The van der Waals surface area contributed by atoms with Crippen LogP contribution in [0.1, 0.15) is 113 Å². The van der Waals surface area contributed by atoms with Gasteiger partial charge < -0.3 is 4.74 Å². The van der Waals surface area contributed by atoms with E-state index in [0.717, 1.165) is 54.5 Å². The van der Waals surface area contributed by atoms with Crippen molar-refractivity contribution in [3.05, 3.63) is 23.8 Å². The van der Waals surface area contributed by atoms with Crippen molar-refractivity contribution in [1.29, 1.82) is 0 Å². The number of rotatable bonds is 8. The summed E-state index contributed by atoms with van der Waals surface area (Å²) in [5, 5.41) is 0. The molecule has 0 aromatic heterocycles. The zero-order valence-corrected chi connectivity index (χ0v) is 23.0. The Bertz CT molecular complexity index is 718. The minimum atomic E-state index is 0.450. The van der Waals surface area contributed by atoms with Crippen LogP contribution in [-0.4, -0.2) is 12.7 Å². The van der Waals surface area contributed by atoms with Gasteiger partial charge in [-0.15, -0.1) is 0 Å². The lowest BCUT2D eigenvalue weighted by atomic mass is 9.47. The zero-order valence-electron chi connectivity index (χ0n) is 23.0. The molecule has 0 N–H and O–H groups in total. The first-order valence-corrected chi connectivity index (χ1v) is 14.7. The summed E-state index contributed by atoms with van der Waals surface area (Å²) in [6, 6.07) is 0. The van der Waals surface area contributed by atoms with Gasteiger partial charge in [0.1, 0.15) is 0 Å². The van der Waals surface area contributed by atoms with E-state index in [1.807, 2.05) is 0 Å². The van der Waals surface area contributed by atoms with Gasteiger partial charge in [0, 0.05) is 6.61 Å². The number of allylic oxidation sites excluding steroid dienone is 3. The van der Waals surface area contributed by atoms with Crippen molar-refractivity contribution in [2.45, 2.75) is 119 Å². The summed E-state index contributed by atoms with van der Waals surface area (Å²) in [4.78, 5) is 0. The smallest absolute Gasteiger partial charge is 0.0612 e. The van der Waals surface area contributed by atoms with Crippen molar-refractivity contribution < 1.29 is 4.74 Å². The Balaban J connectivity index is 1.48. The van der Waals surface area contributed by atoms with E-state index in [1.165, 1.54) is 57.8 Å². The molecule has 1 heteroatoms. The highest BCUT2D eigenvalue weighted by atomic mass is 16.5. The SMILES string of the molecule is CCCOC1CC[C@@]2(C)C(=CCC3C4CCC(C(C)C=CC(CC)C(C)C)[C@@]4(C)CCC32)C1. The minimum Gasteiger partial charge on any atom is -0.378 e. The Kier molecular flexibility index (Phi) is 7.89. The molecule has 0 aliphatic heterocycles. The van der Waals surface area contributed by atoms with Crippen LogP contribution in [0.3, 0.4) is 0 Å². The fourth-order valence-electron chi connectivity index (χ4n) is 9.24. The monoisotopic (exact) mass is 454 g/mol. The van der Waals surface area contributed by atoms with Crippen LogP contribution >= 0.6 is 0 Å². The average Bonchev–Trinajstić information content (AvgIpc) is 3.15. The highest BCUT2D eigenvalue weighted by Gasteiger charge is 2.59. The molecule has 7 unspecified atom stereocenters. The summed E-state index contributed by atoms with van der Waals surface area (Å²) >= 11 is 0. The van der Waals surface area contributed by atoms with Crippen LogP contribution in [0.15, 0.2) is 23.8 Å². The van der Waals surface area contributed by atoms with E-state index in [1.54, 1.807) is 5.57 Å². The molecule has 0 aromatic carbocycles. The molecule has 0 amide bonds. The van der Waals surface area contributed by atoms with Gasteiger partial charge in [-0.05, 0) is 116 Å². The van der Waals surface area contributed by atoms with Crippen LogP contribution in [-0.2, 0) is 4.74 Å². The van der Waals surface area contributed by atoms with Crippen LogP contribution in [0.4, 0.5) is 0 Å². The highest BCUT2D eigenvalue weighted by molar-refractivity contribution is 5.25. The second-order valence-electron chi connectivity index (χ2n) is 13.3. The number of ether oxygens (including phenoxy) is 1. The molecule has 33 heavy (non-hydrogen) atoms. The molecule has 9 atom stereocenters. The van der Waals surface area contributed by atoms with Crippen LogP contribution < -0.4 is 0 Å². The average molecular weight is 455 g/mol. The highest BCUT2D eigenvalue weighted by Crippen LogP contribution is 2.67. The molecule has 0 radical (unpaired) electrons. The summed E-state index contributed by atoms with van der Waals surface area (Å²) in [5.41, 5.74) is 2.77. The quantitative estimate of drug-likeness (QED) is 0.332. The van der Waals surface area contributed by atoms with E-state index in [0.29, 0.717) is 16.9 Å². The van der Waals surface area contributed by atoms with Gasteiger partial charge in [-0.25, -0.2) is 0 Å². The van der Waals surface area contributed by atoms with E-state index in [9.17, 15) is 0 Å². The topological polar surface area (TPSA) is 9.23 Å². The van der Waals surface area contributed by atoms with Crippen LogP contribution in [0.5, 0.6) is 0 Å². The van der Waals surface area contributed by atoms with Crippen molar-refractivity contribution in [2.24, 2.45) is 52.3 Å². The zero-order chi connectivity index (χ0) is 23.8. The molecule has 4 aliphatic carbocycles. The number of fused-ring (bicyclic) bond motifs is 5. The van der Waals surface area contributed by atoms with Crippen molar-refractivity contribution in [3.8, 4) is 0 Å². The van der Waals surface area contributed by atoms with E-state index in [4.69, 9.17) is 4.74 Å². The van der Waals surface area contributed by atoms with Gasteiger partial charge in [0.2, 0.25) is 0 Å². The maximum atomic E-state index is 6.20. The van der Waals surface area contributed by atoms with Crippen LogP contribution in [0, 0.1) is 52.3 Å². The molecular weight excluding hydrogens is 400 g/mol. The molecular formula is C32H54O. The molecule has 188 valence electrons. The lowest BCUT2D eigenvalue weighted by Crippen LogP contribution is -2.50. The number of hydrogen-bond acceptors (Lipinski definition) is 1. The predicted molar refractivity (Wildman–Crippen MR) is 142 cm³/mol. The largest absolute Gasteiger partial charge is 0.378 e. The standard InChI is InChI=1S/C32H54O/c1-8-20-33-26-16-18-31(6)25(21-26)12-13-27-29-15-14-28(32(29,7)19-17-30(27)31)23(5)10-11-24(9-2)22(3)4/h10-12,22-24,26-30H,8-9,13-21H2,1-7H3/t23?,24?,26?,27?,28?,29?,30?,31-,32+/m0/s1. The first kappa shape index (κ1) is 25.5. The van der Waals surface area contributed by atoms with Gasteiger partial charge in [0.15, 0.2) is 0 Å². The summed E-state index contributed by atoms with van der Waals surface area (Å²) < 4.78 is 6.20. The van der Waals surface area contributed by atoms with Crippen molar-refractivity contribution in [2.75, 3.05) is 6.61 Å². The Morgan fingerprint density at radius 1 is 1.00 bits per heavy atom. The van der Waals surface area contributed by atoms with Gasteiger partial charge in [-0.2, -0.15) is 0 Å². The van der Waals surface area contributed by atoms with Gasteiger partial charge in [0.25, 0.3) is 0 Å². The van der Waals surface area contributed by atoms with Gasteiger partial charge in [0.05, 0.1) is 6.10 Å². The van der Waals surface area contributed by atoms with Gasteiger partial charge >= 0.3 is 0 Å². The third-order valence-electron chi connectivity index (χ3n) is 11.3. The Labute approximate surface area is 206 Å². The third-order valence-corrected chi connectivity index (χ3v) is 11.3. The second kappa shape index (κ2) is 10.2. The second-order valence-corrected chi connectivity index (χ2v) is 13.3. The fourth-order valence-corrected chi connectivity index (χ4v) is 9.24. The first-order chi connectivity index (χ1) is 15.7. The Hall–Kier alpha value is -0.560. The van der Waals surface area contributed by atoms with E-state index < -0.39 is 0 Å². The Morgan fingerprint density at radius 3 is 2.48 bits per heavy atom. The molecule has 1 nitrogen and oxygen atoms in total. The van der Waals surface area contributed by atoms with E-state index in [2.05, 4.69) is 66.7 Å². The third kappa shape index (κ3) is 4.66. The molecule has 3 fully saturated rings. The summed E-state index contributed by atoms with van der Waals surface area (Å²) in [5.74, 6) is 5.87. The van der Waals surface area contributed by atoms with Gasteiger partial charge in [-0.3, -0.25) is 0 Å². The molecule has 0 spiro atoms. The predicted octanol–water partition coefficient (Wildman–Crippen LogP) is 9.24. The van der Waals surface area contributed by atoms with Gasteiger partial charge in [-0.1, -0.05) is 72.3 Å². The normalized spacial score (nSPS) is 42.5. The summed E-state index contributed by atoms with van der Waals surface area (Å²) in [6.45, 7) is 18.2. The Morgan fingerprint density at radius 2 is 1.79 bits per heavy atom. The molecule has 3 saturated carbocycles. The maximum Gasteiger partial charge on any atom is 0.0612 e. The molecule has 0 heterocycles. The van der Waals surface area contributed by atoms with Crippen molar-refractivity contribution in [1.82, 2.24) is 0 Å². The lowest BCUT2D eigenvalue weighted by Gasteiger charge is -2.58. The lowest BCUT2D eigenvalue weighted by molar-refractivity contribution is -0.0612. The maximum absolute atomic E-state index is 6.20. The van der Waals surface area contributed by atoms with E-state index >= 15 is 0 Å². The van der Waals surface area contributed by atoms with Crippen molar-refractivity contribution in [3.63, 3.8) is 0 Å². The molecule has 4 rings (SSSR count). The molecule has 0 bridgehead atoms. The number of hydrogen-bond donors (Lipinski definition) is 0. The van der Waals surface area contributed by atoms with E-state index in [-0.39, 0.29) is 0 Å². The fraction of sp³-hybridized carbons (Fsp3) is 0.875. The minimum absolute atomic E-state index is 0.450. The van der Waals surface area contributed by atoms with Crippen molar-refractivity contribution >= 4 is 0 Å². The summed E-state index contributed by atoms with van der Waals surface area (Å²) in [7, 11) is 0. The van der Waals surface area contributed by atoms with Crippen LogP contribution in [0.25, 0.3) is 0 Å². The molecule has 0 saturated heterocycles. The first-order valence-electron chi connectivity index (χ1n) is 14.7. The van der Waals surface area contributed by atoms with Crippen LogP contribution in [0.2, 0.25) is 0 Å². The molecule has 0 aromatic rings. The summed E-state index contributed by atoms with van der Waals surface area (Å²) in [6.07, 6.45) is 21.8. The molecule has 4 aliphatic rings.